The van der Waals surface area contributed by atoms with Gasteiger partial charge >= 0.3 is 17.4 Å². The third-order valence-corrected chi connectivity index (χ3v) is 0. The van der Waals surface area contributed by atoms with E-state index in [1.54, 1.807) is 0 Å². The Morgan fingerprint density at radius 2 is 1.25 bits per heavy atom. The van der Waals surface area contributed by atoms with Crippen LogP contribution in [0.15, 0.2) is 0 Å². The minimum absolute atomic E-state index is 0. The first-order chi connectivity index (χ1) is 1.73. The maximum atomic E-state index is 9.00. The Balaban J connectivity index is -0.00000000750. The van der Waals surface area contributed by atoms with Gasteiger partial charge in [-0.2, -0.15) is 0 Å². The van der Waals surface area contributed by atoms with Crippen molar-refractivity contribution >= 4 is 5.97 Å². The summed E-state index contributed by atoms with van der Waals surface area (Å²) >= 11 is 0. The summed E-state index contributed by atoms with van der Waals surface area (Å²) in [5.74, 6) is -0.833. The van der Waals surface area contributed by atoms with Gasteiger partial charge in [0.15, 0.2) is 0 Å². The topological polar surface area (TPSA) is 127 Å². The van der Waals surface area contributed by atoms with Crippen molar-refractivity contribution in [1.82, 2.24) is 0 Å². The van der Waals surface area contributed by atoms with Crippen LogP contribution >= 0.6 is 0 Å². The van der Waals surface area contributed by atoms with E-state index in [-0.39, 0.29) is 33.8 Å². The molecule has 1 radical (unpaired) electrons. The molecule has 0 aromatic rings. The van der Waals surface area contributed by atoms with Gasteiger partial charge in [-0.25, -0.2) is 0 Å². The van der Waals surface area contributed by atoms with Crippen molar-refractivity contribution in [2.45, 2.75) is 6.92 Å². The van der Waals surface area contributed by atoms with Crippen molar-refractivity contribution in [3.8, 4) is 0 Å². The standard InChI is InChI=1S/C2H4O2.Cr.3H2O/c1-2(3)4;;;;/h1H3,(H,3,4);;3*1H2/q;+3;;;/p-3. The van der Waals surface area contributed by atoms with Crippen LogP contribution in [-0.4, -0.2) is 27.5 Å². The first kappa shape index (κ1) is 44.9. The summed E-state index contributed by atoms with van der Waals surface area (Å²) in [6.45, 7) is 1.08. The van der Waals surface area contributed by atoms with Crippen LogP contribution in [0.1, 0.15) is 6.92 Å². The fourth-order valence-electron chi connectivity index (χ4n) is 0. The van der Waals surface area contributed by atoms with Gasteiger partial charge in [0, 0.05) is 6.92 Å². The van der Waals surface area contributed by atoms with Crippen molar-refractivity contribution in [3.05, 3.63) is 0 Å². The first-order valence-corrected chi connectivity index (χ1v) is 0.928. The van der Waals surface area contributed by atoms with Gasteiger partial charge in [0.2, 0.25) is 0 Å². The average molecular weight is 163 g/mol. The smallest absolute Gasteiger partial charge is 0.870 e. The summed E-state index contributed by atoms with van der Waals surface area (Å²) in [6, 6.07) is 0. The molecule has 0 rings (SSSR count). The Kier molecular flexibility index (Phi) is 161. The van der Waals surface area contributed by atoms with Crippen LogP contribution in [0, 0.1) is 0 Å². The van der Waals surface area contributed by atoms with Gasteiger partial charge in [0.25, 0.3) is 5.97 Å². The Labute approximate surface area is 57.4 Å². The van der Waals surface area contributed by atoms with Crippen molar-refractivity contribution in [2.24, 2.45) is 0 Å². The molecule has 0 bridgehead atoms. The van der Waals surface area contributed by atoms with Gasteiger partial charge in [-0.15, -0.1) is 0 Å². The Morgan fingerprint density at radius 1 is 1.25 bits per heavy atom. The second-order valence-corrected chi connectivity index (χ2v) is 0.519. The molecule has 0 fully saturated rings. The van der Waals surface area contributed by atoms with Crippen LogP contribution in [0.4, 0.5) is 0 Å². The van der Waals surface area contributed by atoms with Gasteiger partial charge < -0.3 is 21.5 Å². The van der Waals surface area contributed by atoms with Crippen molar-refractivity contribution in [3.63, 3.8) is 0 Å². The van der Waals surface area contributed by atoms with Crippen molar-refractivity contribution < 1.29 is 43.7 Å². The zero-order chi connectivity index (χ0) is 3.58. The second kappa shape index (κ2) is 28.7. The van der Waals surface area contributed by atoms with Crippen LogP contribution < -0.4 is 0 Å². The van der Waals surface area contributed by atoms with Crippen molar-refractivity contribution in [2.75, 3.05) is 0 Å². The second-order valence-electron chi connectivity index (χ2n) is 0.519. The predicted octanol–water partition coefficient (Wildman–Crippen LogP) is -0.442. The number of carboxylic acids is 1. The zero-order valence-corrected chi connectivity index (χ0v) is 5.38. The molecule has 6 heteroatoms. The minimum atomic E-state index is -0.833. The largest absolute Gasteiger partial charge is 3.00 e. The molecule has 0 heterocycles. The molecular weight excluding hydrogens is 156 g/mol. The van der Waals surface area contributed by atoms with E-state index < -0.39 is 5.97 Å². The zero-order valence-electron chi connectivity index (χ0n) is 4.11. The molecule has 0 amide bonds. The van der Waals surface area contributed by atoms with E-state index >= 15 is 0 Å². The van der Waals surface area contributed by atoms with Gasteiger partial charge in [0.05, 0.1) is 0 Å². The molecule has 4 N–H and O–H groups in total. The molecule has 0 saturated heterocycles. The molecule has 0 aliphatic rings. The van der Waals surface area contributed by atoms with Crippen LogP contribution in [0.3, 0.4) is 0 Å². The summed E-state index contributed by atoms with van der Waals surface area (Å²) in [6.07, 6.45) is 0. The van der Waals surface area contributed by atoms with Gasteiger partial charge in [-0.1, -0.05) is 0 Å². The molecule has 0 aromatic heterocycles. The molecule has 8 heavy (non-hydrogen) atoms. The van der Waals surface area contributed by atoms with E-state index in [2.05, 4.69) is 0 Å². The van der Waals surface area contributed by atoms with Crippen LogP contribution in [0.25, 0.3) is 0 Å². The van der Waals surface area contributed by atoms with Crippen LogP contribution in [0.2, 0.25) is 0 Å². The average Bonchev–Trinajstić information content (AvgIpc) is 0.811. The quantitative estimate of drug-likeness (QED) is 0.517. The number of carboxylic acid groups (broad SMARTS) is 1. The van der Waals surface area contributed by atoms with E-state index in [1.165, 1.54) is 0 Å². The first-order valence-electron chi connectivity index (χ1n) is 0.928. The molecule has 0 saturated carbocycles. The summed E-state index contributed by atoms with van der Waals surface area (Å²) in [4.78, 5) is 9.00. The normalized spacial score (nSPS) is 3.12. The fraction of sp³-hybridized carbons (Fsp3) is 0.500. The summed E-state index contributed by atoms with van der Waals surface area (Å²) in [5, 5.41) is 7.42. The van der Waals surface area contributed by atoms with Crippen molar-refractivity contribution in [1.29, 1.82) is 0 Å². The number of carbonyl (C=O) groups is 1. The SMILES string of the molecule is CC(=O)O.[Cr+3].[OH-].[OH-].[OH-]. The molecule has 0 atom stereocenters. The molecule has 0 aromatic carbocycles. The molecule has 0 spiro atoms. The Hall–Kier alpha value is -0.118. The van der Waals surface area contributed by atoms with Gasteiger partial charge in [0.1, 0.15) is 0 Å². The molecule has 0 aliphatic heterocycles. The maximum Gasteiger partial charge on any atom is 3.00 e. The predicted molar refractivity (Wildman–Crippen MR) is 19.1 cm³/mol. The summed E-state index contributed by atoms with van der Waals surface area (Å²) < 4.78 is 0. The third kappa shape index (κ3) is 10200. The Bertz CT molecular complexity index is 33.4. The van der Waals surface area contributed by atoms with E-state index in [1.807, 2.05) is 0 Å². The summed E-state index contributed by atoms with van der Waals surface area (Å²) in [7, 11) is 0. The fourth-order valence-corrected chi connectivity index (χ4v) is 0. The third-order valence-electron chi connectivity index (χ3n) is 0. The molecular formula is C2H7CrO5. The number of hydrogen-bond acceptors (Lipinski definition) is 4. The number of rotatable bonds is 0. The molecule has 5 nitrogen and oxygen atoms in total. The van der Waals surface area contributed by atoms with Crippen LogP contribution in [-0.2, 0) is 22.2 Å². The van der Waals surface area contributed by atoms with Crippen LogP contribution in [0.5, 0.6) is 0 Å². The summed E-state index contributed by atoms with van der Waals surface area (Å²) in [5.41, 5.74) is 0. The maximum absolute atomic E-state index is 9.00. The molecule has 51 valence electrons. The Morgan fingerprint density at radius 3 is 1.25 bits per heavy atom. The number of aliphatic carboxylic acids is 1. The van der Waals surface area contributed by atoms with E-state index in [0.717, 1.165) is 6.92 Å². The van der Waals surface area contributed by atoms with Gasteiger partial charge in [-0.05, 0) is 0 Å². The molecule has 0 unspecified atom stereocenters. The van der Waals surface area contributed by atoms with Gasteiger partial charge in [-0.3, -0.25) is 4.79 Å². The number of hydrogen-bond donors (Lipinski definition) is 1. The monoisotopic (exact) mass is 163 g/mol. The van der Waals surface area contributed by atoms with E-state index in [4.69, 9.17) is 9.90 Å². The van der Waals surface area contributed by atoms with E-state index in [0.29, 0.717) is 0 Å². The molecule has 0 aliphatic carbocycles. The minimum Gasteiger partial charge on any atom is -0.870 e. The van der Waals surface area contributed by atoms with E-state index in [9.17, 15) is 0 Å².